The Morgan fingerprint density at radius 1 is 1.27 bits per heavy atom. The summed E-state index contributed by atoms with van der Waals surface area (Å²) in [6, 6.07) is 11.5. The van der Waals surface area contributed by atoms with Crippen LogP contribution in [0.25, 0.3) is 0 Å². The van der Waals surface area contributed by atoms with E-state index in [0.717, 1.165) is 5.56 Å². The number of hydrogen-bond acceptors (Lipinski definition) is 6. The van der Waals surface area contributed by atoms with E-state index in [0.29, 0.717) is 35.8 Å². The van der Waals surface area contributed by atoms with Crippen LogP contribution >= 0.6 is 23.4 Å². The molecule has 1 aliphatic heterocycles. The zero-order valence-electron chi connectivity index (χ0n) is 17.3. The quantitative estimate of drug-likeness (QED) is 0.416. The minimum absolute atomic E-state index is 0.0748. The van der Waals surface area contributed by atoms with Crippen LogP contribution in [-0.2, 0) is 9.59 Å². The molecule has 2 heterocycles. The number of benzene rings is 1. The number of thioether (sulfide) groups is 1. The fourth-order valence-corrected chi connectivity index (χ4v) is 4.38. The van der Waals surface area contributed by atoms with Crippen LogP contribution in [-0.4, -0.2) is 58.1 Å². The van der Waals surface area contributed by atoms with Gasteiger partial charge < -0.3 is 15.1 Å². The number of hydrogen-bond donors (Lipinski definition) is 1. The normalized spacial score (nSPS) is 17.5. The molecule has 0 bridgehead atoms. The Kier molecular flexibility index (Phi) is 7.55. The number of nitrogens with one attached hydrogen (secondary N) is 1. The predicted molar refractivity (Wildman–Crippen MR) is 120 cm³/mol. The number of nitrogens with zero attached hydrogens (tertiary/aromatic N) is 4. The topological polar surface area (TPSA) is 78.4 Å². The molecule has 2 aromatic rings. The zero-order chi connectivity index (χ0) is 21.7. The van der Waals surface area contributed by atoms with Crippen LogP contribution in [0.15, 0.2) is 41.6 Å². The Balaban J connectivity index is 1.59. The van der Waals surface area contributed by atoms with Gasteiger partial charge in [0.1, 0.15) is 11.0 Å². The summed E-state index contributed by atoms with van der Waals surface area (Å²) in [6.07, 6.45) is 0. The van der Waals surface area contributed by atoms with Crippen molar-refractivity contribution in [3.63, 3.8) is 0 Å². The lowest BCUT2D eigenvalue weighted by atomic mass is 10.1. The molecule has 1 fully saturated rings. The molecular formula is C21H26ClN5O2S. The fourth-order valence-electron chi connectivity index (χ4n) is 3.48. The summed E-state index contributed by atoms with van der Waals surface area (Å²) < 4.78 is 0. The van der Waals surface area contributed by atoms with Crippen LogP contribution in [0.3, 0.4) is 0 Å². The molecule has 1 aliphatic rings. The maximum absolute atomic E-state index is 12.3. The summed E-state index contributed by atoms with van der Waals surface area (Å²) in [5.41, 5.74) is 1.05. The molecule has 1 N–H and O–H groups in total. The van der Waals surface area contributed by atoms with Crippen molar-refractivity contribution in [1.29, 1.82) is 0 Å². The van der Waals surface area contributed by atoms with Crippen molar-refractivity contribution in [2.45, 2.75) is 38.0 Å². The minimum Gasteiger partial charge on any atom is -0.353 e. The SMILES string of the molecule is CC(=O)N1CCN(c2cc(Cl)nc(SCC(=O)NC(C)c3ccccc3)n2)CC1C. The summed E-state index contributed by atoms with van der Waals surface area (Å²) in [5, 5.41) is 3.78. The van der Waals surface area contributed by atoms with Crippen molar-refractivity contribution in [1.82, 2.24) is 20.2 Å². The molecule has 1 aromatic heterocycles. The van der Waals surface area contributed by atoms with Crippen LogP contribution in [0.5, 0.6) is 0 Å². The van der Waals surface area contributed by atoms with Gasteiger partial charge in [-0.05, 0) is 19.4 Å². The van der Waals surface area contributed by atoms with Gasteiger partial charge in [0, 0.05) is 38.7 Å². The average Bonchev–Trinajstić information content (AvgIpc) is 2.72. The number of piperazine rings is 1. The summed E-state index contributed by atoms with van der Waals surface area (Å²) in [6.45, 7) is 7.55. The highest BCUT2D eigenvalue weighted by molar-refractivity contribution is 7.99. The van der Waals surface area contributed by atoms with Crippen molar-refractivity contribution in [2.75, 3.05) is 30.3 Å². The van der Waals surface area contributed by atoms with E-state index < -0.39 is 0 Å². The van der Waals surface area contributed by atoms with Crippen molar-refractivity contribution < 1.29 is 9.59 Å². The van der Waals surface area contributed by atoms with E-state index in [1.165, 1.54) is 11.8 Å². The van der Waals surface area contributed by atoms with E-state index in [2.05, 4.69) is 20.2 Å². The summed E-state index contributed by atoms with van der Waals surface area (Å²) in [4.78, 5) is 36.8. The first kappa shape index (κ1) is 22.4. The molecule has 0 aliphatic carbocycles. The van der Waals surface area contributed by atoms with Crippen molar-refractivity contribution in [3.05, 3.63) is 47.1 Å². The first-order valence-electron chi connectivity index (χ1n) is 9.87. The highest BCUT2D eigenvalue weighted by Crippen LogP contribution is 2.24. The Labute approximate surface area is 186 Å². The van der Waals surface area contributed by atoms with Gasteiger partial charge in [-0.2, -0.15) is 0 Å². The molecule has 9 heteroatoms. The van der Waals surface area contributed by atoms with Crippen molar-refractivity contribution in [3.8, 4) is 0 Å². The molecule has 30 heavy (non-hydrogen) atoms. The van der Waals surface area contributed by atoms with Gasteiger partial charge >= 0.3 is 0 Å². The number of carbonyl (C=O) groups excluding carboxylic acids is 2. The van der Waals surface area contributed by atoms with Crippen molar-refractivity contribution in [2.24, 2.45) is 0 Å². The minimum atomic E-state index is -0.0924. The molecule has 3 rings (SSSR count). The Morgan fingerprint density at radius 2 is 2.00 bits per heavy atom. The standard InChI is InChI=1S/C21H26ClN5O2S/c1-14-12-26(9-10-27(14)16(3)28)19-11-18(22)24-21(25-19)30-13-20(29)23-15(2)17-7-5-4-6-8-17/h4-8,11,14-15H,9-10,12-13H2,1-3H3,(H,23,29). The summed E-state index contributed by atoms with van der Waals surface area (Å²) in [7, 11) is 0. The second-order valence-corrected chi connectivity index (χ2v) is 8.66. The number of carbonyl (C=O) groups is 2. The number of amides is 2. The number of halogens is 1. The molecular weight excluding hydrogens is 422 g/mol. The van der Waals surface area contributed by atoms with Crippen LogP contribution in [0.1, 0.15) is 32.4 Å². The van der Waals surface area contributed by atoms with Crippen molar-refractivity contribution >= 4 is 41.0 Å². The molecule has 160 valence electrons. The lowest BCUT2D eigenvalue weighted by Crippen LogP contribution is -2.53. The van der Waals surface area contributed by atoms with Gasteiger partial charge in [0.2, 0.25) is 11.8 Å². The zero-order valence-corrected chi connectivity index (χ0v) is 18.9. The van der Waals surface area contributed by atoms with Gasteiger partial charge in [-0.1, -0.05) is 53.7 Å². The molecule has 1 saturated heterocycles. The number of aromatic nitrogens is 2. The number of anilines is 1. The van der Waals surface area contributed by atoms with E-state index in [4.69, 9.17) is 11.6 Å². The second kappa shape index (κ2) is 10.1. The van der Waals surface area contributed by atoms with Gasteiger partial charge in [0.15, 0.2) is 5.16 Å². The van der Waals surface area contributed by atoms with Crippen LogP contribution < -0.4 is 10.2 Å². The Morgan fingerprint density at radius 3 is 2.67 bits per heavy atom. The first-order chi connectivity index (χ1) is 14.3. The van der Waals surface area contributed by atoms with E-state index in [1.807, 2.05) is 49.1 Å². The molecule has 1 aromatic carbocycles. The first-order valence-corrected chi connectivity index (χ1v) is 11.2. The lowest BCUT2D eigenvalue weighted by molar-refractivity contribution is -0.131. The van der Waals surface area contributed by atoms with E-state index in [9.17, 15) is 9.59 Å². The largest absolute Gasteiger partial charge is 0.353 e. The molecule has 0 radical (unpaired) electrons. The maximum Gasteiger partial charge on any atom is 0.230 e. The molecule has 2 atom stereocenters. The van der Waals surface area contributed by atoms with Gasteiger partial charge in [-0.25, -0.2) is 9.97 Å². The third-order valence-corrected chi connectivity index (χ3v) is 6.07. The van der Waals surface area contributed by atoms with Gasteiger partial charge in [-0.3, -0.25) is 9.59 Å². The molecule has 2 amide bonds. The maximum atomic E-state index is 12.3. The van der Waals surface area contributed by atoms with Crippen LogP contribution in [0, 0.1) is 0 Å². The van der Waals surface area contributed by atoms with E-state index in [-0.39, 0.29) is 29.7 Å². The average molecular weight is 448 g/mol. The summed E-state index contributed by atoms with van der Waals surface area (Å²) in [5.74, 6) is 0.900. The highest BCUT2D eigenvalue weighted by Gasteiger charge is 2.26. The molecule has 0 saturated carbocycles. The molecule has 7 nitrogen and oxygen atoms in total. The fraction of sp³-hybridized carbons (Fsp3) is 0.429. The molecule has 2 unspecified atom stereocenters. The summed E-state index contributed by atoms with van der Waals surface area (Å²) >= 11 is 7.46. The van der Waals surface area contributed by atoms with Crippen LogP contribution in [0.2, 0.25) is 5.15 Å². The molecule has 0 spiro atoms. The lowest BCUT2D eigenvalue weighted by Gasteiger charge is -2.40. The van der Waals surface area contributed by atoms with E-state index >= 15 is 0 Å². The van der Waals surface area contributed by atoms with Crippen LogP contribution in [0.4, 0.5) is 5.82 Å². The van der Waals surface area contributed by atoms with Gasteiger partial charge in [-0.15, -0.1) is 0 Å². The highest BCUT2D eigenvalue weighted by atomic mass is 35.5. The third-order valence-electron chi connectivity index (χ3n) is 5.03. The van der Waals surface area contributed by atoms with Gasteiger partial charge in [0.05, 0.1) is 11.8 Å². The Hall–Kier alpha value is -2.32. The monoisotopic (exact) mass is 447 g/mol. The smallest absolute Gasteiger partial charge is 0.230 e. The predicted octanol–water partition coefficient (Wildman–Crippen LogP) is 3.16. The number of rotatable bonds is 6. The Bertz CT molecular complexity index is 898. The van der Waals surface area contributed by atoms with E-state index in [1.54, 1.807) is 13.0 Å². The third kappa shape index (κ3) is 5.86. The van der Waals surface area contributed by atoms with Gasteiger partial charge in [0.25, 0.3) is 0 Å². The second-order valence-electron chi connectivity index (χ2n) is 7.33.